The molecule has 1 atom stereocenters. The van der Waals surface area contributed by atoms with E-state index in [1.54, 1.807) is 10.9 Å². The molecule has 0 unspecified atom stereocenters. The van der Waals surface area contributed by atoms with Crippen LogP contribution in [0.25, 0.3) is 0 Å². The number of aliphatic hydroxyl groups excluding tert-OH is 1. The Labute approximate surface area is 127 Å². The first-order chi connectivity index (χ1) is 10.0. The number of carbonyl (C=O) groups excluding carboxylic acids is 1. The van der Waals surface area contributed by atoms with E-state index in [1.807, 2.05) is 32.3 Å². The maximum Gasteiger partial charge on any atom is 0.261 e. The number of nitrogens with zero attached hydrogens (tertiary/aromatic N) is 2. The van der Waals surface area contributed by atoms with Gasteiger partial charge >= 0.3 is 0 Å². The lowest BCUT2D eigenvalue weighted by Crippen LogP contribution is -2.41. The predicted octanol–water partition coefficient (Wildman–Crippen LogP) is 2.03. The lowest BCUT2D eigenvalue weighted by molar-refractivity contribution is 0.0235. The Morgan fingerprint density at radius 2 is 2.29 bits per heavy atom. The zero-order valence-electron chi connectivity index (χ0n) is 12.1. The van der Waals surface area contributed by atoms with Crippen LogP contribution in [-0.2, 0) is 7.05 Å². The van der Waals surface area contributed by atoms with Gasteiger partial charge in [-0.15, -0.1) is 11.3 Å². The molecule has 6 heteroatoms. The number of carbonyl (C=O) groups is 1. The smallest absolute Gasteiger partial charge is 0.261 e. The van der Waals surface area contributed by atoms with Crippen molar-refractivity contribution in [1.82, 2.24) is 15.1 Å². The fourth-order valence-electron chi connectivity index (χ4n) is 2.75. The van der Waals surface area contributed by atoms with Crippen molar-refractivity contribution in [3.05, 3.63) is 39.8 Å². The van der Waals surface area contributed by atoms with Gasteiger partial charge in [0, 0.05) is 23.7 Å². The Bertz CT molecular complexity index is 643. The summed E-state index contributed by atoms with van der Waals surface area (Å²) in [6.45, 7) is 1.99. The van der Waals surface area contributed by atoms with Crippen molar-refractivity contribution in [3.8, 4) is 0 Å². The molecule has 0 radical (unpaired) electrons. The second-order valence-electron chi connectivity index (χ2n) is 5.69. The van der Waals surface area contributed by atoms with Crippen LogP contribution in [0.3, 0.4) is 0 Å². The zero-order chi connectivity index (χ0) is 15.0. The van der Waals surface area contributed by atoms with Gasteiger partial charge in [0.1, 0.15) is 0 Å². The predicted molar refractivity (Wildman–Crippen MR) is 81.2 cm³/mol. The number of aromatic nitrogens is 2. The second-order valence-corrected chi connectivity index (χ2v) is 6.98. The van der Waals surface area contributed by atoms with Crippen molar-refractivity contribution >= 4 is 17.2 Å². The van der Waals surface area contributed by atoms with E-state index in [2.05, 4.69) is 10.4 Å². The molecule has 0 aromatic carbocycles. The molecule has 21 heavy (non-hydrogen) atoms. The molecule has 2 heterocycles. The minimum Gasteiger partial charge on any atom is -0.393 e. The molecule has 1 amide bonds. The Morgan fingerprint density at radius 1 is 1.52 bits per heavy atom. The fraction of sp³-hybridized carbons (Fsp3) is 0.467. The number of nitrogens with one attached hydrogen (secondary N) is 1. The Kier molecular flexibility index (Phi) is 3.82. The summed E-state index contributed by atoms with van der Waals surface area (Å²) in [6.07, 6.45) is 4.92. The van der Waals surface area contributed by atoms with Gasteiger partial charge in [0.05, 0.1) is 23.2 Å². The van der Waals surface area contributed by atoms with E-state index in [9.17, 15) is 9.90 Å². The highest BCUT2D eigenvalue weighted by atomic mass is 32.1. The van der Waals surface area contributed by atoms with Crippen LogP contribution in [0.15, 0.2) is 24.5 Å². The van der Waals surface area contributed by atoms with Crippen molar-refractivity contribution in [2.24, 2.45) is 13.0 Å². The summed E-state index contributed by atoms with van der Waals surface area (Å²) in [5.74, 6) is 0.220. The molecule has 1 saturated carbocycles. The summed E-state index contributed by atoms with van der Waals surface area (Å²) < 4.78 is 1.73. The first-order valence-electron chi connectivity index (χ1n) is 7.07. The molecule has 2 aromatic rings. The van der Waals surface area contributed by atoms with Gasteiger partial charge in [-0.05, 0) is 37.8 Å². The summed E-state index contributed by atoms with van der Waals surface area (Å²) in [5.41, 5.74) is 0.996. The van der Waals surface area contributed by atoms with Crippen LogP contribution in [0.2, 0.25) is 0 Å². The summed E-state index contributed by atoms with van der Waals surface area (Å²) >= 11 is 1.49. The van der Waals surface area contributed by atoms with Crippen molar-refractivity contribution < 1.29 is 9.90 Å². The van der Waals surface area contributed by atoms with Gasteiger partial charge in [-0.25, -0.2) is 0 Å². The number of amides is 1. The maximum absolute atomic E-state index is 12.4. The Hall–Kier alpha value is -1.66. The normalized spacial score (nSPS) is 22.6. The van der Waals surface area contributed by atoms with Gasteiger partial charge in [0.25, 0.3) is 5.91 Å². The van der Waals surface area contributed by atoms with Crippen LogP contribution >= 0.6 is 11.3 Å². The molecule has 2 aromatic heterocycles. The molecular formula is C15H19N3O2S. The first kappa shape index (κ1) is 14.3. The third kappa shape index (κ3) is 3.01. The van der Waals surface area contributed by atoms with Crippen LogP contribution in [-0.4, -0.2) is 26.9 Å². The third-order valence-corrected chi connectivity index (χ3v) is 4.96. The van der Waals surface area contributed by atoms with Crippen LogP contribution in [0.4, 0.5) is 0 Å². The fourth-order valence-corrected chi connectivity index (χ4v) is 3.52. The van der Waals surface area contributed by atoms with E-state index in [0.717, 1.165) is 28.2 Å². The van der Waals surface area contributed by atoms with Crippen molar-refractivity contribution in [2.45, 2.75) is 31.9 Å². The van der Waals surface area contributed by atoms with E-state index in [4.69, 9.17) is 0 Å². The second kappa shape index (κ2) is 5.61. The minimum atomic E-state index is -0.241. The molecule has 1 aliphatic carbocycles. The zero-order valence-corrected chi connectivity index (χ0v) is 12.9. The first-order valence-corrected chi connectivity index (χ1v) is 7.88. The molecule has 0 spiro atoms. The van der Waals surface area contributed by atoms with Crippen molar-refractivity contribution in [3.63, 3.8) is 0 Å². The van der Waals surface area contributed by atoms with Gasteiger partial charge in [0.15, 0.2) is 0 Å². The molecule has 0 saturated heterocycles. The number of thiophene rings is 1. The summed E-state index contributed by atoms with van der Waals surface area (Å²) in [7, 11) is 1.86. The van der Waals surface area contributed by atoms with E-state index in [-0.39, 0.29) is 24.0 Å². The molecule has 5 nitrogen and oxygen atoms in total. The SMILES string of the molecule is Cc1ccc(C(=O)N[C@H](c2cnn(C)c2)C2CC(O)C2)s1. The summed E-state index contributed by atoms with van der Waals surface area (Å²) in [5, 5.41) is 16.8. The monoisotopic (exact) mass is 305 g/mol. The van der Waals surface area contributed by atoms with Gasteiger partial charge in [-0.3, -0.25) is 9.48 Å². The van der Waals surface area contributed by atoms with E-state index in [0.29, 0.717) is 0 Å². The molecule has 2 N–H and O–H groups in total. The number of hydrogen-bond donors (Lipinski definition) is 2. The lowest BCUT2D eigenvalue weighted by atomic mass is 9.75. The highest BCUT2D eigenvalue weighted by molar-refractivity contribution is 7.13. The van der Waals surface area contributed by atoms with Gasteiger partial charge in [-0.1, -0.05) is 0 Å². The number of rotatable bonds is 4. The highest BCUT2D eigenvalue weighted by Crippen LogP contribution is 2.38. The molecule has 0 bridgehead atoms. The summed E-state index contributed by atoms with van der Waals surface area (Å²) in [4.78, 5) is 14.2. The minimum absolute atomic E-state index is 0.0525. The van der Waals surface area contributed by atoms with E-state index >= 15 is 0 Å². The average molecular weight is 305 g/mol. The maximum atomic E-state index is 12.4. The topological polar surface area (TPSA) is 67.2 Å². The van der Waals surface area contributed by atoms with Crippen molar-refractivity contribution in [1.29, 1.82) is 0 Å². The van der Waals surface area contributed by atoms with Crippen molar-refractivity contribution in [2.75, 3.05) is 0 Å². The van der Waals surface area contributed by atoms with Gasteiger partial charge in [0.2, 0.25) is 0 Å². The van der Waals surface area contributed by atoms with E-state index in [1.165, 1.54) is 11.3 Å². The van der Waals surface area contributed by atoms with Crippen LogP contribution in [0.5, 0.6) is 0 Å². The average Bonchev–Trinajstić information content (AvgIpc) is 3.01. The molecule has 112 valence electrons. The Balaban J connectivity index is 1.77. The highest BCUT2D eigenvalue weighted by Gasteiger charge is 2.36. The number of aryl methyl sites for hydroxylation is 2. The largest absolute Gasteiger partial charge is 0.393 e. The molecular weight excluding hydrogens is 286 g/mol. The third-order valence-electron chi connectivity index (χ3n) is 3.96. The van der Waals surface area contributed by atoms with E-state index < -0.39 is 0 Å². The molecule has 1 fully saturated rings. The summed E-state index contributed by atoms with van der Waals surface area (Å²) in [6, 6.07) is 3.72. The molecule has 0 aliphatic heterocycles. The van der Waals surface area contributed by atoms with Gasteiger partial charge < -0.3 is 10.4 Å². The van der Waals surface area contributed by atoms with Crippen LogP contribution in [0, 0.1) is 12.8 Å². The molecule has 3 rings (SSSR count). The Morgan fingerprint density at radius 3 is 2.81 bits per heavy atom. The van der Waals surface area contributed by atoms with Gasteiger partial charge in [-0.2, -0.15) is 5.10 Å². The van der Waals surface area contributed by atoms with Crippen LogP contribution < -0.4 is 5.32 Å². The quantitative estimate of drug-likeness (QED) is 0.908. The number of aliphatic hydroxyl groups is 1. The lowest BCUT2D eigenvalue weighted by Gasteiger charge is -2.37. The van der Waals surface area contributed by atoms with Crippen LogP contribution in [0.1, 0.15) is 39.0 Å². The standard InChI is InChI=1S/C15H19N3O2S/c1-9-3-4-13(21-9)15(20)17-14(10-5-12(19)6-10)11-7-16-18(2)8-11/h3-4,7-8,10,12,14,19H,5-6H2,1-2H3,(H,17,20)/t10?,12?,14-/m0/s1. The molecule has 1 aliphatic rings. The number of hydrogen-bond acceptors (Lipinski definition) is 4.